The van der Waals surface area contributed by atoms with Gasteiger partial charge in [0, 0.05) is 22.9 Å². The predicted molar refractivity (Wildman–Crippen MR) is 65.1 cm³/mol. The zero-order valence-electron chi connectivity index (χ0n) is 9.71. The normalized spacial score (nSPS) is 12.1. The van der Waals surface area contributed by atoms with Crippen molar-refractivity contribution in [2.45, 2.75) is 11.1 Å². The van der Waals surface area contributed by atoms with Crippen LogP contribution in [0.2, 0.25) is 0 Å². The van der Waals surface area contributed by atoms with Crippen LogP contribution in [0.1, 0.15) is 5.56 Å². The number of nitrogens with two attached hydrogens (primary N) is 1. The molecule has 0 fully saturated rings. The summed E-state index contributed by atoms with van der Waals surface area (Å²) in [4.78, 5) is 2.57. The van der Waals surface area contributed by atoms with Crippen LogP contribution >= 0.6 is 11.8 Å². The fraction of sp³-hybridized carbons (Fsp3) is 0.455. The van der Waals surface area contributed by atoms with E-state index in [2.05, 4.69) is 0 Å². The second-order valence-corrected chi connectivity index (χ2v) is 5.07. The molecule has 0 saturated carbocycles. The van der Waals surface area contributed by atoms with E-state index < -0.39 is 11.7 Å². The molecule has 0 atom stereocenters. The molecule has 0 spiro atoms. The molecule has 2 nitrogen and oxygen atoms in total. The summed E-state index contributed by atoms with van der Waals surface area (Å²) in [5, 5.41) is 0. The highest BCUT2D eigenvalue weighted by Crippen LogP contribution is 2.35. The summed E-state index contributed by atoms with van der Waals surface area (Å²) >= 11 is 1.39. The Kier molecular flexibility index (Phi) is 4.70. The number of rotatable bonds is 4. The number of hydrogen-bond acceptors (Lipinski definition) is 3. The number of nitrogens with zero attached hydrogens (tertiary/aromatic N) is 1. The van der Waals surface area contributed by atoms with Crippen LogP contribution in [0.4, 0.5) is 18.9 Å². The molecule has 6 heteroatoms. The third-order valence-electron chi connectivity index (χ3n) is 2.14. The van der Waals surface area contributed by atoms with E-state index in [1.165, 1.54) is 17.8 Å². The molecule has 96 valence electrons. The molecule has 0 bridgehead atoms. The third kappa shape index (κ3) is 4.47. The second-order valence-electron chi connectivity index (χ2n) is 3.90. The van der Waals surface area contributed by atoms with Gasteiger partial charge in [-0.1, -0.05) is 0 Å². The quantitative estimate of drug-likeness (QED) is 0.669. The SMILES string of the molecule is CN(C)CCSc1ccc(N)c(C(F)(F)F)c1. The maximum atomic E-state index is 12.6. The average molecular weight is 264 g/mol. The van der Waals surface area contributed by atoms with Gasteiger partial charge in [0.05, 0.1) is 5.56 Å². The first-order valence-electron chi connectivity index (χ1n) is 5.05. The number of thioether (sulfide) groups is 1. The molecule has 0 aliphatic heterocycles. The average Bonchev–Trinajstić information content (AvgIpc) is 2.18. The topological polar surface area (TPSA) is 29.3 Å². The lowest BCUT2D eigenvalue weighted by molar-refractivity contribution is -0.137. The van der Waals surface area contributed by atoms with E-state index in [1.54, 1.807) is 6.07 Å². The van der Waals surface area contributed by atoms with Gasteiger partial charge in [0.15, 0.2) is 0 Å². The smallest absolute Gasteiger partial charge is 0.398 e. The molecule has 0 aliphatic carbocycles. The number of anilines is 1. The Bertz CT molecular complexity index is 377. The number of benzene rings is 1. The molecule has 0 unspecified atom stereocenters. The third-order valence-corrected chi connectivity index (χ3v) is 3.11. The maximum absolute atomic E-state index is 12.6. The summed E-state index contributed by atoms with van der Waals surface area (Å²) in [5.74, 6) is 0.744. The Hall–Kier alpha value is -0.880. The maximum Gasteiger partial charge on any atom is 0.418 e. The van der Waals surface area contributed by atoms with Crippen LogP contribution in [-0.2, 0) is 6.18 Å². The standard InChI is InChI=1S/C11H15F3N2S/c1-16(2)5-6-17-8-3-4-10(15)9(7-8)11(12,13)14/h3-4,7H,5-6,15H2,1-2H3. The first kappa shape index (κ1) is 14.2. The Morgan fingerprint density at radius 1 is 1.29 bits per heavy atom. The minimum Gasteiger partial charge on any atom is -0.398 e. The lowest BCUT2D eigenvalue weighted by atomic mass is 10.2. The zero-order valence-corrected chi connectivity index (χ0v) is 10.5. The van der Waals surface area contributed by atoms with Crippen molar-refractivity contribution >= 4 is 17.4 Å². The van der Waals surface area contributed by atoms with Crippen LogP contribution in [0, 0.1) is 0 Å². The van der Waals surface area contributed by atoms with Gasteiger partial charge in [0.2, 0.25) is 0 Å². The predicted octanol–water partition coefficient (Wildman–Crippen LogP) is 2.94. The van der Waals surface area contributed by atoms with Crippen molar-refractivity contribution < 1.29 is 13.2 Å². The summed E-state index contributed by atoms with van der Waals surface area (Å²) in [6.45, 7) is 0.816. The van der Waals surface area contributed by atoms with E-state index in [9.17, 15) is 13.2 Å². The monoisotopic (exact) mass is 264 g/mol. The Morgan fingerprint density at radius 2 is 1.94 bits per heavy atom. The minimum absolute atomic E-state index is 0.227. The molecule has 0 heterocycles. The van der Waals surface area contributed by atoms with E-state index in [0.717, 1.165) is 18.4 Å². The molecular formula is C11H15F3N2S. The summed E-state index contributed by atoms with van der Waals surface area (Å²) in [6.07, 6.45) is -4.39. The van der Waals surface area contributed by atoms with Crippen LogP contribution in [0.15, 0.2) is 23.1 Å². The van der Waals surface area contributed by atoms with E-state index in [4.69, 9.17) is 5.73 Å². The molecule has 0 amide bonds. The highest BCUT2D eigenvalue weighted by molar-refractivity contribution is 7.99. The van der Waals surface area contributed by atoms with Crippen LogP contribution in [0.3, 0.4) is 0 Å². The number of nitrogen functional groups attached to an aromatic ring is 1. The van der Waals surface area contributed by atoms with Gasteiger partial charge >= 0.3 is 6.18 Å². The van der Waals surface area contributed by atoms with E-state index in [1.807, 2.05) is 19.0 Å². The van der Waals surface area contributed by atoms with Gasteiger partial charge in [-0.2, -0.15) is 13.2 Å². The lowest BCUT2D eigenvalue weighted by Crippen LogP contribution is -2.14. The molecule has 0 aliphatic rings. The van der Waals surface area contributed by atoms with Gasteiger partial charge in [0.1, 0.15) is 0 Å². The lowest BCUT2D eigenvalue weighted by Gasteiger charge is -2.12. The number of halogens is 3. The Labute approximate surface area is 103 Å². The minimum atomic E-state index is -4.39. The number of alkyl halides is 3. The van der Waals surface area contributed by atoms with Gasteiger partial charge in [-0.15, -0.1) is 11.8 Å². The molecular weight excluding hydrogens is 249 g/mol. The molecule has 1 aromatic rings. The van der Waals surface area contributed by atoms with Crippen molar-refractivity contribution in [1.82, 2.24) is 4.90 Å². The van der Waals surface area contributed by atoms with E-state index in [-0.39, 0.29) is 5.69 Å². The van der Waals surface area contributed by atoms with Gasteiger partial charge in [-0.25, -0.2) is 0 Å². The van der Waals surface area contributed by atoms with Crippen LogP contribution in [0.25, 0.3) is 0 Å². The fourth-order valence-electron chi connectivity index (χ4n) is 1.22. The second kappa shape index (κ2) is 5.64. The van der Waals surface area contributed by atoms with Crippen molar-refractivity contribution in [3.05, 3.63) is 23.8 Å². The van der Waals surface area contributed by atoms with Gasteiger partial charge in [0.25, 0.3) is 0 Å². The molecule has 1 rings (SSSR count). The van der Waals surface area contributed by atoms with Gasteiger partial charge in [-0.05, 0) is 32.3 Å². The first-order valence-corrected chi connectivity index (χ1v) is 6.03. The fourth-order valence-corrected chi connectivity index (χ4v) is 2.27. The Morgan fingerprint density at radius 3 is 2.47 bits per heavy atom. The highest BCUT2D eigenvalue weighted by Gasteiger charge is 2.33. The summed E-state index contributed by atoms with van der Waals surface area (Å²) in [5.41, 5.74) is 4.33. The van der Waals surface area contributed by atoms with Crippen molar-refractivity contribution in [2.75, 3.05) is 32.1 Å². The molecule has 0 saturated heterocycles. The van der Waals surface area contributed by atoms with Gasteiger partial charge < -0.3 is 10.6 Å². The number of hydrogen-bond donors (Lipinski definition) is 1. The molecule has 1 aromatic carbocycles. The molecule has 17 heavy (non-hydrogen) atoms. The van der Waals surface area contributed by atoms with Crippen molar-refractivity contribution in [2.24, 2.45) is 0 Å². The molecule has 2 N–H and O–H groups in total. The summed E-state index contributed by atoms with van der Waals surface area (Å²) in [7, 11) is 3.84. The van der Waals surface area contributed by atoms with E-state index in [0.29, 0.717) is 4.90 Å². The Balaban J connectivity index is 2.76. The molecule has 0 radical (unpaired) electrons. The summed E-state index contributed by atoms with van der Waals surface area (Å²) in [6, 6.07) is 4.03. The van der Waals surface area contributed by atoms with E-state index >= 15 is 0 Å². The molecule has 0 aromatic heterocycles. The van der Waals surface area contributed by atoms with Crippen LogP contribution in [-0.4, -0.2) is 31.3 Å². The van der Waals surface area contributed by atoms with Crippen LogP contribution in [0.5, 0.6) is 0 Å². The van der Waals surface area contributed by atoms with Gasteiger partial charge in [-0.3, -0.25) is 0 Å². The van der Waals surface area contributed by atoms with Crippen LogP contribution < -0.4 is 5.73 Å². The van der Waals surface area contributed by atoms with Crippen molar-refractivity contribution in [1.29, 1.82) is 0 Å². The largest absolute Gasteiger partial charge is 0.418 e. The zero-order chi connectivity index (χ0) is 13.1. The first-order chi connectivity index (χ1) is 7.80. The van der Waals surface area contributed by atoms with Crippen molar-refractivity contribution in [3.63, 3.8) is 0 Å². The summed E-state index contributed by atoms with van der Waals surface area (Å²) < 4.78 is 37.7. The van der Waals surface area contributed by atoms with Crippen molar-refractivity contribution in [3.8, 4) is 0 Å². The highest BCUT2D eigenvalue weighted by atomic mass is 32.2.